The van der Waals surface area contributed by atoms with Gasteiger partial charge in [0.1, 0.15) is 9.88 Å². The second kappa shape index (κ2) is 6.91. The molecule has 0 unspecified atom stereocenters. The number of halogens is 3. The quantitative estimate of drug-likeness (QED) is 0.829. The molecular weight excluding hydrogens is 313 g/mol. The Kier molecular flexibility index (Phi) is 5.18. The van der Waals surface area contributed by atoms with Crippen molar-refractivity contribution in [2.24, 2.45) is 0 Å². The number of thiazole rings is 1. The Hall–Kier alpha value is -1.89. The van der Waals surface area contributed by atoms with Crippen LogP contribution in [-0.2, 0) is 6.18 Å². The molecule has 7 heteroatoms. The Labute approximate surface area is 130 Å². The number of amides is 1. The first-order valence-electron chi connectivity index (χ1n) is 6.85. The van der Waals surface area contributed by atoms with Gasteiger partial charge in [-0.3, -0.25) is 4.79 Å². The van der Waals surface area contributed by atoms with Crippen LogP contribution >= 0.6 is 11.3 Å². The van der Waals surface area contributed by atoms with Gasteiger partial charge < -0.3 is 5.32 Å². The number of carbonyl (C=O) groups is 1. The standard InChI is InChI=1S/C15H15F3N2OS/c1-2-3-9-19-13(21)11-12(15(16,17)18)20-14(22-11)10-7-5-4-6-8-10/h4-8H,2-3,9H2,1H3,(H,19,21). The van der Waals surface area contributed by atoms with Crippen LogP contribution in [0.4, 0.5) is 13.2 Å². The van der Waals surface area contributed by atoms with Crippen molar-refractivity contribution in [3.05, 3.63) is 40.9 Å². The van der Waals surface area contributed by atoms with Gasteiger partial charge in [0.25, 0.3) is 5.91 Å². The smallest absolute Gasteiger partial charge is 0.351 e. The minimum absolute atomic E-state index is 0.188. The van der Waals surface area contributed by atoms with E-state index in [-0.39, 0.29) is 9.88 Å². The maximum atomic E-state index is 13.1. The third kappa shape index (κ3) is 3.85. The predicted molar refractivity (Wildman–Crippen MR) is 79.8 cm³/mol. The molecule has 1 amide bonds. The average molecular weight is 328 g/mol. The lowest BCUT2D eigenvalue weighted by molar-refractivity contribution is -0.141. The molecule has 0 bridgehead atoms. The SMILES string of the molecule is CCCCNC(=O)c1sc(-c2ccccc2)nc1C(F)(F)F. The summed E-state index contributed by atoms with van der Waals surface area (Å²) in [5, 5.41) is 2.70. The van der Waals surface area contributed by atoms with E-state index in [2.05, 4.69) is 10.3 Å². The summed E-state index contributed by atoms with van der Waals surface area (Å²) < 4.78 is 39.3. The van der Waals surface area contributed by atoms with Crippen molar-refractivity contribution in [1.29, 1.82) is 0 Å². The van der Waals surface area contributed by atoms with Crippen LogP contribution in [0.25, 0.3) is 10.6 Å². The highest BCUT2D eigenvalue weighted by Crippen LogP contribution is 2.37. The molecule has 0 aliphatic carbocycles. The van der Waals surface area contributed by atoms with E-state index in [1.807, 2.05) is 6.92 Å². The number of unbranched alkanes of at least 4 members (excludes halogenated alkanes) is 1. The van der Waals surface area contributed by atoms with Crippen LogP contribution in [-0.4, -0.2) is 17.4 Å². The molecule has 1 aromatic heterocycles. The lowest BCUT2D eigenvalue weighted by atomic mass is 10.2. The molecule has 118 valence electrons. The number of nitrogens with one attached hydrogen (secondary N) is 1. The highest BCUT2D eigenvalue weighted by atomic mass is 32.1. The summed E-state index contributed by atoms with van der Waals surface area (Å²) in [6.45, 7) is 2.29. The van der Waals surface area contributed by atoms with Crippen LogP contribution in [0.2, 0.25) is 0 Å². The Morgan fingerprint density at radius 3 is 2.55 bits per heavy atom. The summed E-state index contributed by atoms with van der Waals surface area (Å²) in [7, 11) is 0. The Bertz CT molecular complexity index is 638. The van der Waals surface area contributed by atoms with Gasteiger partial charge in [0.05, 0.1) is 0 Å². The molecule has 0 saturated carbocycles. The van der Waals surface area contributed by atoms with E-state index in [1.165, 1.54) is 0 Å². The zero-order valence-electron chi connectivity index (χ0n) is 11.9. The largest absolute Gasteiger partial charge is 0.435 e. The number of hydrogen-bond acceptors (Lipinski definition) is 3. The zero-order chi connectivity index (χ0) is 16.2. The summed E-state index contributed by atoms with van der Waals surface area (Å²) in [5.41, 5.74) is -0.559. The first-order chi connectivity index (χ1) is 10.4. The summed E-state index contributed by atoms with van der Waals surface area (Å²) in [6, 6.07) is 8.52. The molecular formula is C15H15F3N2OS. The van der Waals surface area contributed by atoms with Gasteiger partial charge >= 0.3 is 6.18 Å². The molecule has 2 aromatic rings. The third-order valence-electron chi connectivity index (χ3n) is 2.94. The molecule has 0 aliphatic heterocycles. The molecule has 0 radical (unpaired) electrons. The number of carbonyl (C=O) groups excluding carboxylic acids is 1. The zero-order valence-corrected chi connectivity index (χ0v) is 12.7. The first-order valence-corrected chi connectivity index (χ1v) is 7.66. The van der Waals surface area contributed by atoms with Gasteiger partial charge in [-0.1, -0.05) is 43.7 Å². The van der Waals surface area contributed by atoms with Crippen molar-refractivity contribution in [2.75, 3.05) is 6.54 Å². The third-order valence-corrected chi connectivity index (χ3v) is 4.04. The number of alkyl halides is 3. The van der Waals surface area contributed by atoms with E-state index in [9.17, 15) is 18.0 Å². The molecule has 1 aromatic carbocycles. The van der Waals surface area contributed by atoms with Crippen molar-refractivity contribution >= 4 is 17.2 Å². The van der Waals surface area contributed by atoms with E-state index >= 15 is 0 Å². The summed E-state index contributed by atoms with van der Waals surface area (Å²) in [4.78, 5) is 15.2. The second-order valence-corrected chi connectivity index (χ2v) is 5.67. The maximum absolute atomic E-state index is 13.1. The average Bonchev–Trinajstić information content (AvgIpc) is 2.94. The summed E-state index contributed by atoms with van der Waals surface area (Å²) in [5.74, 6) is -0.722. The second-order valence-electron chi connectivity index (χ2n) is 4.67. The minimum atomic E-state index is -4.65. The van der Waals surface area contributed by atoms with Crippen molar-refractivity contribution in [1.82, 2.24) is 10.3 Å². The number of benzene rings is 1. The molecule has 22 heavy (non-hydrogen) atoms. The van der Waals surface area contributed by atoms with Gasteiger partial charge in [0.2, 0.25) is 0 Å². The monoisotopic (exact) mass is 328 g/mol. The first kappa shape index (κ1) is 16.5. The van der Waals surface area contributed by atoms with Gasteiger partial charge in [0.15, 0.2) is 5.69 Å². The van der Waals surface area contributed by atoms with Crippen LogP contribution in [0, 0.1) is 0 Å². The van der Waals surface area contributed by atoms with Crippen molar-refractivity contribution < 1.29 is 18.0 Å². The fraction of sp³-hybridized carbons (Fsp3) is 0.333. The Balaban J connectivity index is 2.35. The van der Waals surface area contributed by atoms with E-state index in [1.54, 1.807) is 30.3 Å². The molecule has 1 N–H and O–H groups in total. The molecule has 0 fully saturated rings. The number of nitrogens with zero attached hydrogens (tertiary/aromatic N) is 1. The Morgan fingerprint density at radius 1 is 1.27 bits per heavy atom. The number of rotatable bonds is 5. The van der Waals surface area contributed by atoms with Crippen LogP contribution in [0.15, 0.2) is 30.3 Å². The van der Waals surface area contributed by atoms with Gasteiger partial charge in [0, 0.05) is 12.1 Å². The van der Waals surface area contributed by atoms with Gasteiger partial charge in [-0.25, -0.2) is 4.98 Å². The van der Waals surface area contributed by atoms with Crippen LogP contribution < -0.4 is 5.32 Å². The van der Waals surface area contributed by atoms with Crippen molar-refractivity contribution in [2.45, 2.75) is 25.9 Å². The maximum Gasteiger partial charge on any atom is 0.435 e. The van der Waals surface area contributed by atoms with Crippen LogP contribution in [0.3, 0.4) is 0 Å². The lowest BCUT2D eigenvalue weighted by Crippen LogP contribution is -2.26. The molecule has 0 atom stereocenters. The van der Waals surface area contributed by atoms with Gasteiger partial charge in [-0.15, -0.1) is 11.3 Å². The highest BCUT2D eigenvalue weighted by Gasteiger charge is 2.39. The van der Waals surface area contributed by atoms with Crippen LogP contribution in [0.5, 0.6) is 0 Å². The van der Waals surface area contributed by atoms with Crippen molar-refractivity contribution in [3.63, 3.8) is 0 Å². The van der Waals surface area contributed by atoms with Gasteiger partial charge in [-0.05, 0) is 6.42 Å². The normalized spacial score (nSPS) is 11.5. The summed E-state index contributed by atoms with van der Waals surface area (Å²) in [6.07, 6.45) is -3.08. The van der Waals surface area contributed by atoms with E-state index < -0.39 is 17.8 Å². The molecule has 2 rings (SSSR count). The molecule has 3 nitrogen and oxygen atoms in total. The summed E-state index contributed by atoms with van der Waals surface area (Å²) >= 11 is 0.762. The topological polar surface area (TPSA) is 42.0 Å². The van der Waals surface area contributed by atoms with E-state index in [0.717, 1.165) is 24.2 Å². The molecule has 0 saturated heterocycles. The minimum Gasteiger partial charge on any atom is -0.351 e. The van der Waals surface area contributed by atoms with E-state index in [0.29, 0.717) is 12.1 Å². The molecule has 0 aliphatic rings. The fourth-order valence-corrected chi connectivity index (χ4v) is 2.84. The number of hydrogen-bond donors (Lipinski definition) is 1. The predicted octanol–water partition coefficient (Wildman–Crippen LogP) is 4.36. The fourth-order valence-electron chi connectivity index (χ4n) is 1.83. The van der Waals surface area contributed by atoms with Crippen LogP contribution in [0.1, 0.15) is 35.1 Å². The highest BCUT2D eigenvalue weighted by molar-refractivity contribution is 7.17. The van der Waals surface area contributed by atoms with Crippen molar-refractivity contribution in [3.8, 4) is 10.6 Å². The molecule has 0 spiro atoms. The van der Waals surface area contributed by atoms with E-state index in [4.69, 9.17) is 0 Å². The lowest BCUT2D eigenvalue weighted by Gasteiger charge is -2.06. The van der Waals surface area contributed by atoms with Gasteiger partial charge in [-0.2, -0.15) is 13.2 Å². The Morgan fingerprint density at radius 2 is 1.95 bits per heavy atom. The molecule has 1 heterocycles. The number of aromatic nitrogens is 1.